The van der Waals surface area contributed by atoms with Crippen LogP contribution in [0.5, 0.6) is 0 Å². The summed E-state index contributed by atoms with van der Waals surface area (Å²) in [7, 11) is 0. The summed E-state index contributed by atoms with van der Waals surface area (Å²) in [6, 6.07) is 33.5. The highest BCUT2D eigenvalue weighted by molar-refractivity contribution is 14.1. The van der Waals surface area contributed by atoms with Crippen molar-refractivity contribution in [2.75, 3.05) is 6.61 Å². The van der Waals surface area contributed by atoms with Gasteiger partial charge in [0.25, 0.3) is 0 Å². The summed E-state index contributed by atoms with van der Waals surface area (Å²) < 4.78 is 1.18. The topological polar surface area (TPSA) is 40.5 Å². The highest BCUT2D eigenvalue weighted by Gasteiger charge is 2.09. The summed E-state index contributed by atoms with van der Waals surface area (Å²) in [6.07, 6.45) is -0.530. The first-order valence-electron chi connectivity index (χ1n) is 12.0. The SMILES string of the molecule is CCO.Cc1ccc(C(C)c2ccc(C)cc2)cc1.Cc1ccc(C(O)c2ccc(I)cc2)cc1. The molecule has 3 heteroatoms. The van der Waals surface area contributed by atoms with Gasteiger partial charge in [0.2, 0.25) is 0 Å². The first kappa shape index (κ1) is 28.8. The third-order valence-electron chi connectivity index (χ3n) is 5.73. The van der Waals surface area contributed by atoms with Crippen LogP contribution >= 0.6 is 22.6 Å². The number of aliphatic hydroxyl groups excluding tert-OH is 2. The van der Waals surface area contributed by atoms with E-state index in [9.17, 15) is 5.11 Å². The Morgan fingerprint density at radius 3 is 1.14 bits per heavy atom. The van der Waals surface area contributed by atoms with Gasteiger partial charge in [0.05, 0.1) is 0 Å². The van der Waals surface area contributed by atoms with Crippen molar-refractivity contribution in [3.63, 3.8) is 0 Å². The number of halogens is 1. The predicted octanol–water partition coefficient (Wildman–Crippen LogP) is 8.14. The van der Waals surface area contributed by atoms with E-state index in [0.717, 1.165) is 11.1 Å². The molecular formula is C32H37IO2. The normalized spacial score (nSPS) is 11.1. The maximum absolute atomic E-state index is 10.2. The van der Waals surface area contributed by atoms with Crippen LogP contribution in [-0.4, -0.2) is 16.8 Å². The van der Waals surface area contributed by atoms with Crippen LogP contribution in [0.2, 0.25) is 0 Å². The van der Waals surface area contributed by atoms with Crippen LogP contribution in [0, 0.1) is 24.3 Å². The molecule has 0 spiro atoms. The van der Waals surface area contributed by atoms with Crippen molar-refractivity contribution in [3.8, 4) is 0 Å². The van der Waals surface area contributed by atoms with Gasteiger partial charge in [-0.25, -0.2) is 0 Å². The van der Waals surface area contributed by atoms with Crippen LogP contribution in [-0.2, 0) is 0 Å². The number of aliphatic hydroxyl groups is 2. The Bertz CT molecular complexity index is 932. The van der Waals surface area contributed by atoms with Gasteiger partial charge in [-0.3, -0.25) is 0 Å². The minimum Gasteiger partial charge on any atom is -0.397 e. The molecule has 0 aliphatic heterocycles. The molecule has 2 N–H and O–H groups in total. The summed E-state index contributed by atoms with van der Waals surface area (Å²) in [6.45, 7) is 10.5. The molecule has 0 bridgehead atoms. The maximum Gasteiger partial charge on any atom is 0.104 e. The van der Waals surface area contributed by atoms with E-state index in [1.807, 2.05) is 55.5 Å². The third kappa shape index (κ3) is 9.60. The van der Waals surface area contributed by atoms with Crippen molar-refractivity contribution in [1.29, 1.82) is 0 Å². The second-order valence-electron chi connectivity index (χ2n) is 8.72. The van der Waals surface area contributed by atoms with Crippen LogP contribution in [0.1, 0.15) is 64.8 Å². The quantitative estimate of drug-likeness (QED) is 0.239. The highest BCUT2D eigenvalue weighted by atomic mass is 127. The lowest BCUT2D eigenvalue weighted by molar-refractivity contribution is 0.220. The average molecular weight is 581 g/mol. The summed E-state index contributed by atoms with van der Waals surface area (Å²) in [5, 5.41) is 17.7. The molecule has 4 aromatic carbocycles. The molecule has 4 aromatic rings. The zero-order chi connectivity index (χ0) is 25.8. The van der Waals surface area contributed by atoms with Crippen LogP contribution in [0.25, 0.3) is 0 Å². The van der Waals surface area contributed by atoms with Crippen LogP contribution in [0.3, 0.4) is 0 Å². The largest absolute Gasteiger partial charge is 0.397 e. The van der Waals surface area contributed by atoms with Gasteiger partial charge in [0, 0.05) is 16.1 Å². The van der Waals surface area contributed by atoms with Gasteiger partial charge in [-0.2, -0.15) is 0 Å². The molecule has 0 fully saturated rings. The van der Waals surface area contributed by atoms with E-state index >= 15 is 0 Å². The standard InChI is InChI=1S/C16H18.C14H13IO.C2H6O/c1-12-4-8-15(9-5-12)14(3)16-10-6-13(2)7-11-16;1-10-2-4-11(5-3-10)14(16)12-6-8-13(15)9-7-12;1-2-3/h4-11,14H,1-3H3;2-9,14,16H,1H3;3H,2H2,1H3. The van der Waals surface area contributed by atoms with Crippen molar-refractivity contribution >= 4 is 22.6 Å². The third-order valence-corrected chi connectivity index (χ3v) is 6.45. The monoisotopic (exact) mass is 580 g/mol. The Labute approximate surface area is 224 Å². The molecule has 4 rings (SSSR count). The van der Waals surface area contributed by atoms with Crippen molar-refractivity contribution in [3.05, 3.63) is 140 Å². The van der Waals surface area contributed by atoms with Crippen LogP contribution in [0.15, 0.2) is 97.1 Å². The van der Waals surface area contributed by atoms with E-state index in [-0.39, 0.29) is 6.61 Å². The molecular weight excluding hydrogens is 543 g/mol. The fraction of sp³-hybridized carbons (Fsp3) is 0.250. The number of benzene rings is 4. The van der Waals surface area contributed by atoms with Crippen LogP contribution < -0.4 is 0 Å². The Kier molecular flexibility index (Phi) is 12.2. The van der Waals surface area contributed by atoms with Gasteiger partial charge in [-0.1, -0.05) is 109 Å². The molecule has 0 aliphatic carbocycles. The smallest absolute Gasteiger partial charge is 0.104 e. The van der Waals surface area contributed by atoms with E-state index in [0.29, 0.717) is 5.92 Å². The molecule has 184 valence electrons. The lowest BCUT2D eigenvalue weighted by Gasteiger charge is -2.12. The molecule has 0 amide bonds. The molecule has 35 heavy (non-hydrogen) atoms. The Balaban J connectivity index is 0.000000222. The molecule has 1 atom stereocenters. The summed E-state index contributed by atoms with van der Waals surface area (Å²) in [5.74, 6) is 0.473. The second kappa shape index (κ2) is 14.8. The average Bonchev–Trinajstić information content (AvgIpc) is 2.86. The van der Waals surface area contributed by atoms with Crippen molar-refractivity contribution in [2.24, 2.45) is 0 Å². The number of hydrogen-bond acceptors (Lipinski definition) is 2. The lowest BCUT2D eigenvalue weighted by Crippen LogP contribution is -1.99. The summed E-state index contributed by atoms with van der Waals surface area (Å²) >= 11 is 2.26. The Hall–Kier alpha value is -2.47. The molecule has 0 aromatic heterocycles. The summed E-state index contributed by atoms with van der Waals surface area (Å²) in [5.41, 5.74) is 8.48. The van der Waals surface area contributed by atoms with E-state index < -0.39 is 6.10 Å². The Morgan fingerprint density at radius 2 is 0.829 bits per heavy atom. The van der Waals surface area contributed by atoms with E-state index in [1.165, 1.54) is 31.4 Å². The van der Waals surface area contributed by atoms with Gasteiger partial charge < -0.3 is 10.2 Å². The maximum atomic E-state index is 10.2. The number of rotatable bonds is 4. The van der Waals surface area contributed by atoms with Crippen LogP contribution in [0.4, 0.5) is 0 Å². The fourth-order valence-electron chi connectivity index (χ4n) is 3.49. The molecule has 1 unspecified atom stereocenters. The van der Waals surface area contributed by atoms with Gasteiger partial charge in [-0.15, -0.1) is 0 Å². The van der Waals surface area contributed by atoms with Crippen molar-refractivity contribution < 1.29 is 10.2 Å². The van der Waals surface area contributed by atoms with Gasteiger partial charge in [0.1, 0.15) is 6.10 Å². The van der Waals surface area contributed by atoms with Gasteiger partial charge in [0.15, 0.2) is 0 Å². The minimum atomic E-state index is -0.530. The predicted molar refractivity (Wildman–Crippen MR) is 157 cm³/mol. The number of aryl methyl sites for hydroxylation is 3. The van der Waals surface area contributed by atoms with Crippen molar-refractivity contribution in [2.45, 2.75) is 46.6 Å². The van der Waals surface area contributed by atoms with E-state index in [2.05, 4.69) is 91.9 Å². The molecule has 0 heterocycles. The Morgan fingerprint density at radius 1 is 0.571 bits per heavy atom. The first-order chi connectivity index (χ1) is 16.7. The number of hydrogen-bond donors (Lipinski definition) is 2. The van der Waals surface area contributed by atoms with E-state index in [1.54, 1.807) is 6.92 Å². The fourth-order valence-corrected chi connectivity index (χ4v) is 3.85. The summed E-state index contributed by atoms with van der Waals surface area (Å²) in [4.78, 5) is 0. The van der Waals surface area contributed by atoms with Crippen molar-refractivity contribution in [1.82, 2.24) is 0 Å². The minimum absolute atomic E-state index is 0.250. The van der Waals surface area contributed by atoms with Gasteiger partial charge >= 0.3 is 0 Å². The van der Waals surface area contributed by atoms with Gasteiger partial charge in [-0.05, 0) is 84.7 Å². The highest BCUT2D eigenvalue weighted by Crippen LogP contribution is 2.25. The molecule has 0 saturated carbocycles. The molecule has 0 aliphatic rings. The second-order valence-corrected chi connectivity index (χ2v) is 9.97. The zero-order valence-electron chi connectivity index (χ0n) is 21.4. The van der Waals surface area contributed by atoms with E-state index in [4.69, 9.17) is 5.11 Å². The zero-order valence-corrected chi connectivity index (χ0v) is 23.5. The first-order valence-corrected chi connectivity index (χ1v) is 13.1. The molecule has 0 radical (unpaired) electrons. The lowest BCUT2D eigenvalue weighted by atomic mass is 9.92. The molecule has 0 saturated heterocycles. The molecule has 2 nitrogen and oxygen atoms in total.